The molecule has 4 fully saturated rings. The van der Waals surface area contributed by atoms with Crippen molar-refractivity contribution >= 4 is 11.8 Å². The first-order chi connectivity index (χ1) is 9.90. The molecule has 0 aromatic rings. The maximum atomic E-state index is 6.37. The average Bonchev–Trinajstić information content (AvgIpc) is 2.54. The maximum Gasteiger partial charge on any atom is 0.0947 e. The minimum atomic E-state index is 0.212. The van der Waals surface area contributed by atoms with Gasteiger partial charge in [0.2, 0.25) is 0 Å². The van der Waals surface area contributed by atoms with E-state index in [0.29, 0.717) is 12.1 Å². The summed E-state index contributed by atoms with van der Waals surface area (Å²) in [4.78, 5) is 5.38. The van der Waals surface area contributed by atoms with Crippen LogP contribution in [0.3, 0.4) is 0 Å². The van der Waals surface area contributed by atoms with Gasteiger partial charge in [-0.25, -0.2) is 0 Å². The molecule has 0 bridgehead atoms. The summed E-state index contributed by atoms with van der Waals surface area (Å²) in [6, 6.07) is 0.554. The molecule has 0 amide bonds. The number of fused-ring (bicyclic) bond motifs is 2. The monoisotopic (exact) mass is 298 g/mol. The number of nitrogens with one attached hydrogen (secondary N) is 2. The molecule has 0 aromatic carbocycles. The van der Waals surface area contributed by atoms with Crippen molar-refractivity contribution in [3.63, 3.8) is 0 Å². The predicted octanol–water partition coefficient (Wildman–Crippen LogP) is -0.950. The van der Waals surface area contributed by atoms with E-state index in [1.54, 1.807) is 0 Å². The first kappa shape index (κ1) is 13.8. The van der Waals surface area contributed by atoms with E-state index >= 15 is 0 Å². The molecular formula is C14H26N4OS. The number of nitrogens with zero attached hydrogens (tertiary/aromatic N) is 2. The number of hydrogen-bond donors (Lipinski definition) is 2. The topological polar surface area (TPSA) is 39.8 Å². The summed E-state index contributed by atoms with van der Waals surface area (Å²) in [5.74, 6) is 2.50. The van der Waals surface area contributed by atoms with Crippen molar-refractivity contribution in [2.75, 3.05) is 70.5 Å². The van der Waals surface area contributed by atoms with Gasteiger partial charge >= 0.3 is 0 Å². The molecule has 6 heteroatoms. The Kier molecular flexibility index (Phi) is 3.96. The van der Waals surface area contributed by atoms with Crippen molar-refractivity contribution in [3.8, 4) is 0 Å². The predicted molar refractivity (Wildman–Crippen MR) is 82.5 cm³/mol. The van der Waals surface area contributed by atoms with Crippen LogP contribution in [0.4, 0.5) is 0 Å². The molecule has 4 saturated heterocycles. The van der Waals surface area contributed by atoms with E-state index in [1.807, 2.05) is 0 Å². The summed E-state index contributed by atoms with van der Waals surface area (Å²) in [5, 5.41) is 7.22. The number of morpholine rings is 1. The zero-order valence-corrected chi connectivity index (χ0v) is 13.0. The van der Waals surface area contributed by atoms with Crippen molar-refractivity contribution < 1.29 is 4.74 Å². The molecule has 0 spiro atoms. The van der Waals surface area contributed by atoms with Gasteiger partial charge in [-0.1, -0.05) is 0 Å². The molecule has 5 nitrogen and oxygen atoms in total. The highest BCUT2D eigenvalue weighted by molar-refractivity contribution is 7.99. The molecular weight excluding hydrogens is 272 g/mol. The molecule has 3 atom stereocenters. The second kappa shape index (κ2) is 5.74. The van der Waals surface area contributed by atoms with E-state index < -0.39 is 0 Å². The third-order valence-corrected chi connectivity index (χ3v) is 6.61. The minimum absolute atomic E-state index is 0.212. The molecule has 0 saturated carbocycles. The summed E-state index contributed by atoms with van der Waals surface area (Å²) in [5.41, 5.74) is 0.212. The molecule has 2 N–H and O–H groups in total. The Morgan fingerprint density at radius 2 is 2.05 bits per heavy atom. The summed E-state index contributed by atoms with van der Waals surface area (Å²) in [7, 11) is 0. The fourth-order valence-electron chi connectivity index (χ4n) is 4.38. The van der Waals surface area contributed by atoms with Gasteiger partial charge in [0.05, 0.1) is 24.3 Å². The maximum absolute atomic E-state index is 6.37. The Labute approximate surface area is 125 Å². The van der Waals surface area contributed by atoms with Gasteiger partial charge in [-0.05, 0) is 0 Å². The molecule has 4 aliphatic heterocycles. The largest absolute Gasteiger partial charge is 0.373 e. The zero-order chi connectivity index (χ0) is 13.4. The van der Waals surface area contributed by atoms with Gasteiger partial charge in [0, 0.05) is 63.9 Å². The second-order valence-electron chi connectivity index (χ2n) is 6.42. The summed E-state index contributed by atoms with van der Waals surface area (Å²) in [6.07, 6.45) is 0.352. The van der Waals surface area contributed by atoms with E-state index in [4.69, 9.17) is 4.74 Å². The van der Waals surface area contributed by atoms with Crippen LogP contribution in [-0.2, 0) is 4.74 Å². The first-order valence-corrected chi connectivity index (χ1v) is 9.15. The van der Waals surface area contributed by atoms with Crippen LogP contribution in [0.25, 0.3) is 0 Å². The van der Waals surface area contributed by atoms with Crippen LogP contribution in [0.5, 0.6) is 0 Å². The summed E-state index contributed by atoms with van der Waals surface area (Å²) in [6.45, 7) is 10.0. The lowest BCUT2D eigenvalue weighted by Crippen LogP contribution is -2.76. The van der Waals surface area contributed by atoms with E-state index in [1.165, 1.54) is 31.1 Å². The highest BCUT2D eigenvalue weighted by Gasteiger charge is 2.53. The Morgan fingerprint density at radius 1 is 1.10 bits per heavy atom. The van der Waals surface area contributed by atoms with Crippen LogP contribution in [0.15, 0.2) is 0 Å². The van der Waals surface area contributed by atoms with E-state index in [0.717, 1.165) is 39.3 Å². The van der Waals surface area contributed by atoms with Gasteiger partial charge in [-0.15, -0.1) is 0 Å². The van der Waals surface area contributed by atoms with E-state index in [9.17, 15) is 0 Å². The highest BCUT2D eigenvalue weighted by Crippen LogP contribution is 2.36. The molecule has 20 heavy (non-hydrogen) atoms. The number of rotatable bonds is 1. The third-order valence-electron chi connectivity index (χ3n) is 5.43. The average molecular weight is 298 g/mol. The van der Waals surface area contributed by atoms with Crippen molar-refractivity contribution in [1.82, 2.24) is 20.4 Å². The van der Waals surface area contributed by atoms with Crippen molar-refractivity contribution in [1.29, 1.82) is 0 Å². The van der Waals surface area contributed by atoms with Gasteiger partial charge in [-0.3, -0.25) is 9.80 Å². The summed E-state index contributed by atoms with van der Waals surface area (Å²) >= 11 is 2.11. The van der Waals surface area contributed by atoms with Crippen LogP contribution in [0.1, 0.15) is 0 Å². The fraction of sp³-hybridized carbons (Fsp3) is 1.00. The Morgan fingerprint density at radius 3 is 3.05 bits per heavy atom. The Bertz CT molecular complexity index is 342. The molecule has 0 aromatic heterocycles. The van der Waals surface area contributed by atoms with Crippen LogP contribution < -0.4 is 10.6 Å². The van der Waals surface area contributed by atoms with Crippen molar-refractivity contribution in [2.24, 2.45) is 0 Å². The minimum Gasteiger partial charge on any atom is -0.373 e. The molecule has 4 aliphatic rings. The van der Waals surface area contributed by atoms with Crippen molar-refractivity contribution in [3.05, 3.63) is 0 Å². The van der Waals surface area contributed by atoms with Crippen LogP contribution in [-0.4, -0.2) is 98.0 Å². The Hall–Kier alpha value is 0.150. The fourth-order valence-corrected chi connectivity index (χ4v) is 5.68. The van der Waals surface area contributed by atoms with Gasteiger partial charge in [-0.2, -0.15) is 11.8 Å². The SMILES string of the molecule is C1CN2CCOC(C34CNCCN3CCSC4)C2CN1. The van der Waals surface area contributed by atoms with E-state index in [2.05, 4.69) is 32.2 Å². The molecule has 0 radical (unpaired) electrons. The number of hydrogen-bond acceptors (Lipinski definition) is 6. The van der Waals surface area contributed by atoms with Gasteiger partial charge in [0.15, 0.2) is 0 Å². The van der Waals surface area contributed by atoms with Crippen molar-refractivity contribution in [2.45, 2.75) is 17.7 Å². The van der Waals surface area contributed by atoms with Gasteiger partial charge < -0.3 is 15.4 Å². The number of piperazine rings is 2. The molecule has 0 aliphatic carbocycles. The van der Waals surface area contributed by atoms with E-state index in [-0.39, 0.29) is 5.54 Å². The third kappa shape index (κ3) is 2.21. The quantitative estimate of drug-likeness (QED) is 0.650. The van der Waals surface area contributed by atoms with Crippen LogP contribution >= 0.6 is 11.8 Å². The zero-order valence-electron chi connectivity index (χ0n) is 12.1. The Balaban J connectivity index is 1.62. The molecule has 114 valence electrons. The lowest BCUT2D eigenvalue weighted by Gasteiger charge is -2.58. The lowest BCUT2D eigenvalue weighted by molar-refractivity contribution is -0.147. The first-order valence-electron chi connectivity index (χ1n) is 8.00. The summed E-state index contributed by atoms with van der Waals surface area (Å²) < 4.78 is 6.37. The molecule has 3 unspecified atom stereocenters. The number of ether oxygens (including phenoxy) is 1. The second-order valence-corrected chi connectivity index (χ2v) is 7.52. The van der Waals surface area contributed by atoms with Crippen LogP contribution in [0.2, 0.25) is 0 Å². The lowest BCUT2D eigenvalue weighted by atomic mass is 9.83. The standard InChI is InChI=1S/C14H26N4OS/c1-3-17-5-7-19-13(12(17)9-15-1)14-10-16-2-4-18(14)6-8-20-11-14/h12-13,15-16H,1-11H2. The normalized spacial score (nSPS) is 43.8. The molecule has 4 heterocycles. The smallest absolute Gasteiger partial charge is 0.0947 e. The molecule has 4 rings (SSSR count). The number of thioether (sulfide) groups is 1. The van der Waals surface area contributed by atoms with Crippen LogP contribution in [0, 0.1) is 0 Å². The van der Waals surface area contributed by atoms with Gasteiger partial charge in [0.25, 0.3) is 0 Å². The van der Waals surface area contributed by atoms with Gasteiger partial charge in [0.1, 0.15) is 0 Å². The highest BCUT2D eigenvalue weighted by atomic mass is 32.2.